The van der Waals surface area contributed by atoms with Crippen LogP contribution < -0.4 is 4.90 Å². The van der Waals surface area contributed by atoms with Crippen LogP contribution in [0, 0.1) is 0 Å². The normalized spacial score (nSPS) is 16.4. The molecular weight excluding hydrogens is 831 g/mol. The minimum atomic E-state index is -0.351. The van der Waals surface area contributed by atoms with Crippen molar-refractivity contribution in [3.63, 3.8) is 0 Å². The Balaban J connectivity index is 1.02. The zero-order valence-corrected chi connectivity index (χ0v) is 38.8. The predicted octanol–water partition coefficient (Wildman–Crippen LogP) is 18.0. The Morgan fingerprint density at radius 1 is 0.290 bits per heavy atom. The van der Waals surface area contributed by atoms with Gasteiger partial charge in [0.2, 0.25) is 0 Å². The van der Waals surface area contributed by atoms with Crippen molar-refractivity contribution in [3.05, 3.63) is 294 Å². The van der Waals surface area contributed by atoms with Gasteiger partial charge < -0.3 is 4.90 Å². The lowest BCUT2D eigenvalue weighted by atomic mass is 9.74. The molecule has 2 atom stereocenters. The molecule has 1 nitrogen and oxygen atoms in total. The third-order valence-corrected chi connectivity index (χ3v) is 15.5. The van der Waals surface area contributed by atoms with Gasteiger partial charge in [-0.15, -0.1) is 0 Å². The van der Waals surface area contributed by atoms with E-state index in [1.54, 1.807) is 0 Å². The molecule has 0 amide bonds. The van der Waals surface area contributed by atoms with Crippen LogP contribution in [-0.4, -0.2) is 0 Å². The van der Waals surface area contributed by atoms with Crippen molar-refractivity contribution in [2.45, 2.75) is 24.7 Å². The molecule has 0 saturated carbocycles. The summed E-state index contributed by atoms with van der Waals surface area (Å²) in [4.78, 5) is 2.49. The van der Waals surface area contributed by atoms with E-state index in [1.165, 1.54) is 99.8 Å². The third kappa shape index (κ3) is 6.24. The Kier molecular flexibility index (Phi) is 9.49. The van der Waals surface area contributed by atoms with Crippen LogP contribution >= 0.6 is 0 Å². The molecule has 0 bridgehead atoms. The van der Waals surface area contributed by atoms with E-state index in [4.69, 9.17) is 0 Å². The number of hydrogen-bond donors (Lipinski definition) is 0. The fourth-order valence-electron chi connectivity index (χ4n) is 12.1. The maximum Gasteiger partial charge on any atom is 0.0540 e. The molecule has 0 heterocycles. The Morgan fingerprint density at radius 2 is 0.754 bits per heavy atom. The molecule has 2 unspecified atom stereocenters. The minimum absolute atomic E-state index is 0.271. The summed E-state index contributed by atoms with van der Waals surface area (Å²) in [5.74, 6) is 0. The number of nitrogens with zero attached hydrogens (tertiary/aromatic N) is 1. The van der Waals surface area contributed by atoms with E-state index in [1.807, 2.05) is 0 Å². The summed E-state index contributed by atoms with van der Waals surface area (Å²) in [6.07, 6.45) is 0. The molecule has 69 heavy (non-hydrogen) atoms. The summed E-state index contributed by atoms with van der Waals surface area (Å²) in [5.41, 5.74) is 23.1. The third-order valence-electron chi connectivity index (χ3n) is 15.5. The van der Waals surface area contributed by atoms with E-state index < -0.39 is 0 Å². The Bertz CT molecular complexity index is 3740. The van der Waals surface area contributed by atoms with Crippen LogP contribution in [0.5, 0.6) is 0 Å². The molecule has 0 saturated heterocycles. The van der Waals surface area contributed by atoms with Crippen molar-refractivity contribution >= 4 is 27.8 Å². The SMILES string of the molecule is CC1(c2ccccc2)c2ccccc2-c2ccc(N(c3ccc(-c4cccc5c4-c4ccccc4C5(C)c4ccccc4)cc3)c3ccccc3-c3cccc4cccc(-c5ccccc5)c34)cc21. The molecule has 326 valence electrons. The highest BCUT2D eigenvalue weighted by molar-refractivity contribution is 6.09. The van der Waals surface area contributed by atoms with Crippen LogP contribution in [-0.2, 0) is 10.8 Å². The molecule has 2 aliphatic carbocycles. The number of benzene rings is 11. The lowest BCUT2D eigenvalue weighted by Gasteiger charge is -2.32. The molecule has 1 heteroatoms. The first kappa shape index (κ1) is 40.7. The van der Waals surface area contributed by atoms with Crippen LogP contribution in [0.3, 0.4) is 0 Å². The topological polar surface area (TPSA) is 3.24 Å². The summed E-state index contributed by atoms with van der Waals surface area (Å²) >= 11 is 0. The highest BCUT2D eigenvalue weighted by atomic mass is 15.1. The van der Waals surface area contributed by atoms with Crippen LogP contribution in [0.15, 0.2) is 261 Å². The molecular formula is C68H49N. The zero-order chi connectivity index (χ0) is 46.1. The second-order valence-electron chi connectivity index (χ2n) is 19.0. The lowest BCUT2D eigenvalue weighted by molar-refractivity contribution is 0.714. The van der Waals surface area contributed by atoms with Gasteiger partial charge >= 0.3 is 0 Å². The number of rotatable bonds is 8. The number of hydrogen-bond acceptors (Lipinski definition) is 1. The number of anilines is 3. The standard InChI is InChI=1S/C68H49N/c1-67(49-25-8-4-9-26-49)61-36-16-13-31-59(61)66-54(33-20-37-62(66)67)47-39-41-51(42-40-47)69(52-43-44-56-55-29-12-15-35-60(55)68(2,63(56)45-52)50-27-10-5-11-28-50)64-38-17-14-30-57(64)58-34-19-24-48-23-18-32-53(65(48)58)46-21-6-3-7-22-46/h3-45H,1-2H3. The van der Waals surface area contributed by atoms with Crippen molar-refractivity contribution in [2.24, 2.45) is 0 Å². The summed E-state index contributed by atoms with van der Waals surface area (Å²) in [6, 6.07) is 96.7. The summed E-state index contributed by atoms with van der Waals surface area (Å²) in [7, 11) is 0. The largest absolute Gasteiger partial charge is 0.310 e. The molecule has 0 aromatic heterocycles. The maximum absolute atomic E-state index is 2.49. The van der Waals surface area contributed by atoms with E-state index in [2.05, 4.69) is 280 Å². The monoisotopic (exact) mass is 879 g/mol. The van der Waals surface area contributed by atoms with Gasteiger partial charge in [0.1, 0.15) is 0 Å². The Hall–Kier alpha value is -8.52. The Morgan fingerprint density at radius 3 is 1.45 bits per heavy atom. The van der Waals surface area contributed by atoms with Crippen molar-refractivity contribution in [1.82, 2.24) is 0 Å². The highest BCUT2D eigenvalue weighted by Crippen LogP contribution is 2.57. The van der Waals surface area contributed by atoms with Gasteiger partial charge in [0, 0.05) is 27.8 Å². The molecule has 11 aromatic rings. The van der Waals surface area contributed by atoms with Crippen molar-refractivity contribution < 1.29 is 0 Å². The van der Waals surface area contributed by atoms with Crippen molar-refractivity contribution in [3.8, 4) is 55.6 Å². The van der Waals surface area contributed by atoms with Gasteiger partial charge in [-0.3, -0.25) is 0 Å². The summed E-state index contributed by atoms with van der Waals surface area (Å²) in [6.45, 7) is 4.80. The first-order valence-electron chi connectivity index (χ1n) is 24.2. The Labute approximate surface area is 405 Å². The summed E-state index contributed by atoms with van der Waals surface area (Å²) < 4.78 is 0. The van der Waals surface area contributed by atoms with E-state index in [0.29, 0.717) is 0 Å². The van der Waals surface area contributed by atoms with Crippen LogP contribution in [0.1, 0.15) is 47.2 Å². The van der Waals surface area contributed by atoms with Gasteiger partial charge in [-0.05, 0) is 138 Å². The maximum atomic E-state index is 2.49. The van der Waals surface area contributed by atoms with Gasteiger partial charge in [-0.2, -0.15) is 0 Å². The van der Waals surface area contributed by atoms with E-state index in [9.17, 15) is 0 Å². The van der Waals surface area contributed by atoms with Crippen molar-refractivity contribution in [1.29, 1.82) is 0 Å². The minimum Gasteiger partial charge on any atom is -0.310 e. The second-order valence-corrected chi connectivity index (χ2v) is 19.0. The van der Waals surface area contributed by atoms with Gasteiger partial charge in [0.25, 0.3) is 0 Å². The second kappa shape index (κ2) is 16.1. The lowest BCUT2D eigenvalue weighted by Crippen LogP contribution is -2.22. The van der Waals surface area contributed by atoms with Crippen LogP contribution in [0.4, 0.5) is 17.1 Å². The average Bonchev–Trinajstić information content (AvgIpc) is 3.85. The quantitative estimate of drug-likeness (QED) is 0.147. The number of para-hydroxylation sites is 1. The fourth-order valence-corrected chi connectivity index (χ4v) is 12.1. The van der Waals surface area contributed by atoms with Gasteiger partial charge in [0.05, 0.1) is 5.69 Å². The summed E-state index contributed by atoms with van der Waals surface area (Å²) in [5, 5.41) is 2.46. The van der Waals surface area contributed by atoms with E-state index in [-0.39, 0.29) is 10.8 Å². The average molecular weight is 880 g/mol. The number of fused-ring (bicyclic) bond motifs is 7. The zero-order valence-electron chi connectivity index (χ0n) is 38.8. The molecule has 13 rings (SSSR count). The van der Waals surface area contributed by atoms with Gasteiger partial charge in [-0.1, -0.05) is 231 Å². The molecule has 2 aliphatic rings. The van der Waals surface area contributed by atoms with E-state index >= 15 is 0 Å². The van der Waals surface area contributed by atoms with Crippen molar-refractivity contribution in [2.75, 3.05) is 4.90 Å². The molecule has 0 N–H and O–H groups in total. The molecule has 0 fully saturated rings. The first-order valence-corrected chi connectivity index (χ1v) is 24.2. The first-order chi connectivity index (χ1) is 34.0. The van der Waals surface area contributed by atoms with Crippen LogP contribution in [0.25, 0.3) is 66.4 Å². The van der Waals surface area contributed by atoms with Crippen LogP contribution in [0.2, 0.25) is 0 Å². The predicted molar refractivity (Wildman–Crippen MR) is 290 cm³/mol. The molecule has 0 aliphatic heterocycles. The van der Waals surface area contributed by atoms with Gasteiger partial charge in [-0.25, -0.2) is 0 Å². The highest BCUT2D eigenvalue weighted by Gasteiger charge is 2.43. The van der Waals surface area contributed by atoms with Gasteiger partial charge in [0.15, 0.2) is 0 Å². The molecule has 11 aromatic carbocycles. The smallest absolute Gasteiger partial charge is 0.0540 e. The molecule has 0 radical (unpaired) electrons. The van der Waals surface area contributed by atoms with E-state index in [0.717, 1.165) is 17.1 Å². The fraction of sp³-hybridized carbons (Fsp3) is 0.0588. The molecule has 0 spiro atoms.